The molecule has 2 heterocycles. The SMILES string of the molecule is CN=C(NCCCOC1CCOC1)NCc1sc(-c2ccccc2)nc1C.I. The number of hydrogen-bond donors (Lipinski definition) is 2. The summed E-state index contributed by atoms with van der Waals surface area (Å²) in [4.78, 5) is 10.2. The van der Waals surface area contributed by atoms with Gasteiger partial charge in [0.15, 0.2) is 5.96 Å². The van der Waals surface area contributed by atoms with Crippen LogP contribution in [0.15, 0.2) is 35.3 Å². The number of aryl methyl sites for hydroxylation is 1. The topological polar surface area (TPSA) is 67.8 Å². The Labute approximate surface area is 188 Å². The van der Waals surface area contributed by atoms with E-state index < -0.39 is 0 Å². The average Bonchev–Trinajstić information content (AvgIpc) is 3.34. The molecule has 8 heteroatoms. The first-order valence-corrected chi connectivity index (χ1v) is 10.2. The first kappa shape index (κ1) is 23.1. The minimum absolute atomic E-state index is 0. The van der Waals surface area contributed by atoms with E-state index in [0.29, 0.717) is 6.54 Å². The van der Waals surface area contributed by atoms with Gasteiger partial charge < -0.3 is 20.1 Å². The standard InChI is InChI=1S/C20H28N4O2S.HI/c1-15-18(27-19(24-15)16-7-4-3-5-8-16)13-23-20(21-2)22-10-6-11-26-17-9-12-25-14-17;/h3-5,7-8,17H,6,9-14H2,1-2H3,(H2,21,22,23);1H. The summed E-state index contributed by atoms with van der Waals surface area (Å²) < 4.78 is 11.1. The predicted molar refractivity (Wildman–Crippen MR) is 126 cm³/mol. The average molecular weight is 516 g/mol. The molecule has 0 bridgehead atoms. The number of aromatic nitrogens is 1. The molecule has 1 aromatic carbocycles. The Morgan fingerprint density at radius 1 is 1.32 bits per heavy atom. The van der Waals surface area contributed by atoms with Gasteiger partial charge in [0.05, 0.1) is 24.9 Å². The maximum atomic E-state index is 5.78. The van der Waals surface area contributed by atoms with Gasteiger partial charge in [-0.3, -0.25) is 4.99 Å². The molecule has 28 heavy (non-hydrogen) atoms. The van der Waals surface area contributed by atoms with E-state index in [9.17, 15) is 0 Å². The van der Waals surface area contributed by atoms with Gasteiger partial charge in [0.25, 0.3) is 0 Å². The van der Waals surface area contributed by atoms with Crippen LogP contribution in [0.25, 0.3) is 10.6 Å². The Hall–Kier alpha value is -1.23. The molecule has 2 aromatic rings. The number of thiazole rings is 1. The molecule has 1 atom stereocenters. The van der Waals surface area contributed by atoms with Crippen molar-refractivity contribution in [1.82, 2.24) is 15.6 Å². The van der Waals surface area contributed by atoms with Gasteiger partial charge in [-0.15, -0.1) is 35.3 Å². The third-order valence-corrected chi connectivity index (χ3v) is 5.61. The minimum atomic E-state index is 0. The minimum Gasteiger partial charge on any atom is -0.379 e. The summed E-state index contributed by atoms with van der Waals surface area (Å²) in [6, 6.07) is 10.3. The highest BCUT2D eigenvalue weighted by atomic mass is 127. The van der Waals surface area contributed by atoms with Crippen molar-refractivity contribution in [2.24, 2.45) is 4.99 Å². The summed E-state index contributed by atoms with van der Waals surface area (Å²) in [5.74, 6) is 0.799. The number of ether oxygens (including phenoxy) is 2. The van der Waals surface area contributed by atoms with E-state index in [1.807, 2.05) is 18.2 Å². The van der Waals surface area contributed by atoms with Gasteiger partial charge in [0.1, 0.15) is 5.01 Å². The monoisotopic (exact) mass is 516 g/mol. The lowest BCUT2D eigenvalue weighted by Crippen LogP contribution is -2.37. The molecule has 154 valence electrons. The molecular weight excluding hydrogens is 487 g/mol. The van der Waals surface area contributed by atoms with Gasteiger partial charge in [0, 0.05) is 37.2 Å². The van der Waals surface area contributed by atoms with E-state index in [1.54, 1.807) is 18.4 Å². The fraction of sp³-hybridized carbons (Fsp3) is 0.500. The molecule has 1 fully saturated rings. The molecule has 0 radical (unpaired) electrons. The lowest BCUT2D eigenvalue weighted by atomic mass is 10.2. The van der Waals surface area contributed by atoms with E-state index in [0.717, 1.165) is 61.4 Å². The van der Waals surface area contributed by atoms with Gasteiger partial charge in [-0.1, -0.05) is 30.3 Å². The third kappa shape index (κ3) is 6.98. The van der Waals surface area contributed by atoms with Crippen LogP contribution in [0.4, 0.5) is 0 Å². The molecule has 0 aliphatic carbocycles. The molecule has 1 aliphatic heterocycles. The summed E-state index contributed by atoms with van der Waals surface area (Å²) in [7, 11) is 1.79. The number of halogens is 1. The molecule has 6 nitrogen and oxygen atoms in total. The molecule has 0 amide bonds. The van der Waals surface area contributed by atoms with Crippen molar-refractivity contribution in [2.75, 3.05) is 33.4 Å². The van der Waals surface area contributed by atoms with Gasteiger partial charge >= 0.3 is 0 Å². The molecule has 1 aromatic heterocycles. The van der Waals surface area contributed by atoms with Gasteiger partial charge in [-0.05, 0) is 19.8 Å². The van der Waals surface area contributed by atoms with Crippen LogP contribution < -0.4 is 10.6 Å². The van der Waals surface area contributed by atoms with Crippen LogP contribution in [0.5, 0.6) is 0 Å². The Bertz CT molecular complexity index is 733. The van der Waals surface area contributed by atoms with Crippen LogP contribution in [-0.2, 0) is 16.0 Å². The van der Waals surface area contributed by atoms with Crippen molar-refractivity contribution in [3.8, 4) is 10.6 Å². The predicted octanol–water partition coefficient (Wildman–Crippen LogP) is 3.60. The molecular formula is C20H29IN4O2S. The summed E-state index contributed by atoms with van der Waals surface area (Å²) in [5.41, 5.74) is 2.22. The lowest BCUT2D eigenvalue weighted by molar-refractivity contribution is 0.0420. The summed E-state index contributed by atoms with van der Waals surface area (Å²) in [6.45, 7) is 5.89. The Morgan fingerprint density at radius 3 is 2.86 bits per heavy atom. The molecule has 3 rings (SSSR count). The van der Waals surface area contributed by atoms with Crippen molar-refractivity contribution >= 4 is 41.3 Å². The number of guanidine groups is 1. The number of rotatable bonds is 8. The van der Waals surface area contributed by atoms with Crippen molar-refractivity contribution in [2.45, 2.75) is 32.4 Å². The molecule has 0 saturated carbocycles. The molecule has 1 aliphatic rings. The Morgan fingerprint density at radius 2 is 2.14 bits per heavy atom. The van der Waals surface area contributed by atoms with E-state index in [4.69, 9.17) is 14.5 Å². The highest BCUT2D eigenvalue weighted by Crippen LogP contribution is 2.27. The van der Waals surface area contributed by atoms with Crippen LogP contribution in [0, 0.1) is 6.92 Å². The lowest BCUT2D eigenvalue weighted by Gasteiger charge is -2.13. The van der Waals surface area contributed by atoms with Crippen LogP contribution in [0.3, 0.4) is 0 Å². The zero-order valence-electron chi connectivity index (χ0n) is 16.4. The smallest absolute Gasteiger partial charge is 0.191 e. The number of nitrogens with zero attached hydrogens (tertiary/aromatic N) is 2. The summed E-state index contributed by atoms with van der Waals surface area (Å²) in [6.07, 6.45) is 2.22. The van der Waals surface area contributed by atoms with Crippen molar-refractivity contribution in [1.29, 1.82) is 0 Å². The maximum Gasteiger partial charge on any atom is 0.191 e. The van der Waals surface area contributed by atoms with Gasteiger partial charge in [0.2, 0.25) is 0 Å². The van der Waals surface area contributed by atoms with Crippen molar-refractivity contribution in [3.05, 3.63) is 40.9 Å². The normalized spacial score (nSPS) is 16.6. The van der Waals surface area contributed by atoms with Crippen LogP contribution in [-0.4, -0.2) is 50.5 Å². The van der Waals surface area contributed by atoms with E-state index in [1.165, 1.54) is 4.88 Å². The molecule has 1 unspecified atom stereocenters. The number of benzene rings is 1. The summed E-state index contributed by atoms with van der Waals surface area (Å²) >= 11 is 1.72. The first-order valence-electron chi connectivity index (χ1n) is 9.42. The summed E-state index contributed by atoms with van der Waals surface area (Å²) in [5, 5.41) is 7.76. The quantitative estimate of drug-likeness (QED) is 0.243. The van der Waals surface area contributed by atoms with Crippen molar-refractivity contribution in [3.63, 3.8) is 0 Å². The van der Waals surface area contributed by atoms with Gasteiger partial charge in [-0.25, -0.2) is 4.98 Å². The number of hydrogen-bond acceptors (Lipinski definition) is 5. The van der Waals surface area contributed by atoms with E-state index >= 15 is 0 Å². The number of aliphatic imine (C=N–C) groups is 1. The second-order valence-corrected chi connectivity index (χ2v) is 7.54. The van der Waals surface area contributed by atoms with E-state index in [2.05, 4.69) is 34.7 Å². The van der Waals surface area contributed by atoms with Crippen molar-refractivity contribution < 1.29 is 9.47 Å². The second-order valence-electron chi connectivity index (χ2n) is 6.46. The third-order valence-electron chi connectivity index (χ3n) is 4.41. The van der Waals surface area contributed by atoms with Crippen LogP contribution in [0.1, 0.15) is 23.4 Å². The molecule has 0 spiro atoms. The number of nitrogens with one attached hydrogen (secondary N) is 2. The zero-order valence-corrected chi connectivity index (χ0v) is 19.6. The maximum absolute atomic E-state index is 5.78. The molecule has 2 N–H and O–H groups in total. The Kier molecular flexibility index (Phi) is 10.2. The van der Waals surface area contributed by atoms with Gasteiger partial charge in [-0.2, -0.15) is 0 Å². The second kappa shape index (κ2) is 12.4. The fourth-order valence-corrected chi connectivity index (χ4v) is 3.86. The highest BCUT2D eigenvalue weighted by Gasteiger charge is 2.15. The largest absolute Gasteiger partial charge is 0.379 e. The fourth-order valence-electron chi connectivity index (χ4n) is 2.85. The van der Waals surface area contributed by atoms with E-state index in [-0.39, 0.29) is 30.1 Å². The highest BCUT2D eigenvalue weighted by molar-refractivity contribution is 14.0. The first-order chi connectivity index (χ1) is 13.3. The zero-order chi connectivity index (χ0) is 18.9. The van der Waals surface area contributed by atoms with Crippen LogP contribution in [0.2, 0.25) is 0 Å². The Balaban J connectivity index is 0.00000280. The molecule has 1 saturated heterocycles. The van der Waals surface area contributed by atoms with Crippen LogP contribution >= 0.6 is 35.3 Å².